The highest BCUT2D eigenvalue weighted by Crippen LogP contribution is 2.31. The summed E-state index contributed by atoms with van der Waals surface area (Å²) >= 11 is 3.17. The minimum Gasteiger partial charge on any atom is -0.476 e. The molecule has 0 spiro atoms. The molecule has 0 saturated heterocycles. The molecule has 16 heavy (non-hydrogen) atoms. The second-order valence-corrected chi connectivity index (χ2v) is 4.14. The van der Waals surface area contributed by atoms with Crippen LogP contribution in [0.15, 0.2) is 33.3 Å². The number of rotatable bonds is 2. The summed E-state index contributed by atoms with van der Waals surface area (Å²) in [6, 6.07) is 7.55. The van der Waals surface area contributed by atoms with Gasteiger partial charge in [0.2, 0.25) is 5.69 Å². The SMILES string of the molecule is Cc1ccc(-c2onc(C(=O)O)c2Br)cc1. The van der Waals surface area contributed by atoms with E-state index in [1.54, 1.807) is 0 Å². The van der Waals surface area contributed by atoms with Crippen molar-refractivity contribution >= 4 is 21.9 Å². The van der Waals surface area contributed by atoms with Crippen molar-refractivity contribution in [3.05, 3.63) is 40.0 Å². The number of nitrogens with zero attached hydrogens (tertiary/aromatic N) is 1. The van der Waals surface area contributed by atoms with E-state index in [-0.39, 0.29) is 5.69 Å². The number of carboxylic acid groups (broad SMARTS) is 1. The number of carbonyl (C=O) groups is 1. The van der Waals surface area contributed by atoms with Crippen molar-refractivity contribution in [3.8, 4) is 11.3 Å². The predicted molar refractivity (Wildman–Crippen MR) is 61.3 cm³/mol. The van der Waals surface area contributed by atoms with E-state index in [4.69, 9.17) is 9.63 Å². The molecule has 0 bridgehead atoms. The van der Waals surface area contributed by atoms with Crippen LogP contribution in [0.2, 0.25) is 0 Å². The van der Waals surface area contributed by atoms with Crippen molar-refractivity contribution in [1.29, 1.82) is 0 Å². The van der Waals surface area contributed by atoms with Crippen LogP contribution in [0, 0.1) is 6.92 Å². The van der Waals surface area contributed by atoms with Crippen LogP contribution in [0.3, 0.4) is 0 Å². The zero-order valence-corrected chi connectivity index (χ0v) is 9.98. The van der Waals surface area contributed by atoms with Crippen molar-refractivity contribution in [3.63, 3.8) is 0 Å². The molecule has 0 aliphatic heterocycles. The number of benzene rings is 1. The highest BCUT2D eigenvalue weighted by Gasteiger charge is 2.20. The molecule has 1 N–H and O–H groups in total. The zero-order chi connectivity index (χ0) is 11.7. The summed E-state index contributed by atoms with van der Waals surface area (Å²) in [5, 5.41) is 12.3. The van der Waals surface area contributed by atoms with Gasteiger partial charge in [0, 0.05) is 5.56 Å². The van der Waals surface area contributed by atoms with E-state index in [9.17, 15) is 4.79 Å². The summed E-state index contributed by atoms with van der Waals surface area (Å²) in [6.45, 7) is 1.97. The first kappa shape index (κ1) is 10.9. The van der Waals surface area contributed by atoms with Gasteiger partial charge in [0.25, 0.3) is 0 Å². The number of aromatic nitrogens is 1. The first-order valence-electron chi connectivity index (χ1n) is 4.55. The number of hydrogen-bond acceptors (Lipinski definition) is 3. The standard InChI is InChI=1S/C11H8BrNO3/c1-6-2-4-7(5-3-6)10-8(12)9(11(14)15)13-16-10/h2-5H,1H3,(H,14,15). The van der Waals surface area contributed by atoms with Gasteiger partial charge in [-0.15, -0.1) is 0 Å². The first-order chi connectivity index (χ1) is 7.59. The van der Waals surface area contributed by atoms with Gasteiger partial charge in [-0.3, -0.25) is 0 Å². The van der Waals surface area contributed by atoms with Gasteiger partial charge in [0.15, 0.2) is 5.76 Å². The van der Waals surface area contributed by atoms with Crippen LogP contribution >= 0.6 is 15.9 Å². The van der Waals surface area contributed by atoms with Gasteiger partial charge in [-0.05, 0) is 22.9 Å². The minimum atomic E-state index is -1.12. The lowest BCUT2D eigenvalue weighted by molar-refractivity contribution is 0.0685. The third-order valence-electron chi connectivity index (χ3n) is 2.15. The molecule has 2 aromatic rings. The van der Waals surface area contributed by atoms with Gasteiger partial charge >= 0.3 is 5.97 Å². The van der Waals surface area contributed by atoms with E-state index < -0.39 is 5.97 Å². The van der Waals surface area contributed by atoms with Crippen LogP contribution in [-0.4, -0.2) is 16.2 Å². The van der Waals surface area contributed by atoms with E-state index in [1.807, 2.05) is 31.2 Å². The van der Waals surface area contributed by atoms with Gasteiger partial charge in [0.1, 0.15) is 4.47 Å². The third-order valence-corrected chi connectivity index (χ3v) is 2.89. The summed E-state index contributed by atoms with van der Waals surface area (Å²) in [5.74, 6) is -0.689. The smallest absolute Gasteiger partial charge is 0.359 e. The van der Waals surface area contributed by atoms with Crippen molar-refractivity contribution in [2.75, 3.05) is 0 Å². The molecule has 0 radical (unpaired) electrons. The fourth-order valence-electron chi connectivity index (χ4n) is 1.30. The fourth-order valence-corrected chi connectivity index (χ4v) is 1.84. The molecule has 0 atom stereocenters. The quantitative estimate of drug-likeness (QED) is 0.919. The maximum Gasteiger partial charge on any atom is 0.359 e. The van der Waals surface area contributed by atoms with E-state index in [0.29, 0.717) is 10.2 Å². The van der Waals surface area contributed by atoms with E-state index in [0.717, 1.165) is 11.1 Å². The number of carboxylic acids is 1. The molecule has 0 aliphatic rings. The lowest BCUT2D eigenvalue weighted by Crippen LogP contribution is -1.96. The van der Waals surface area contributed by atoms with Crippen LogP contribution in [0.4, 0.5) is 0 Å². The lowest BCUT2D eigenvalue weighted by Gasteiger charge is -1.97. The van der Waals surface area contributed by atoms with Gasteiger partial charge in [0.05, 0.1) is 0 Å². The summed E-state index contributed by atoms with van der Waals surface area (Å²) in [4.78, 5) is 10.8. The third kappa shape index (κ3) is 1.86. The Bertz CT molecular complexity index is 531. The van der Waals surface area contributed by atoms with Crippen molar-refractivity contribution in [2.24, 2.45) is 0 Å². The second kappa shape index (κ2) is 4.09. The topological polar surface area (TPSA) is 63.3 Å². The molecule has 82 valence electrons. The largest absolute Gasteiger partial charge is 0.476 e. The highest BCUT2D eigenvalue weighted by molar-refractivity contribution is 9.10. The second-order valence-electron chi connectivity index (χ2n) is 3.35. The van der Waals surface area contributed by atoms with Crippen LogP contribution in [-0.2, 0) is 0 Å². The zero-order valence-electron chi connectivity index (χ0n) is 8.40. The average molecular weight is 282 g/mol. The molecule has 0 saturated carbocycles. The maximum absolute atomic E-state index is 10.8. The highest BCUT2D eigenvalue weighted by atomic mass is 79.9. The Morgan fingerprint density at radius 2 is 2.00 bits per heavy atom. The van der Waals surface area contributed by atoms with Gasteiger partial charge < -0.3 is 9.63 Å². The number of halogens is 1. The van der Waals surface area contributed by atoms with Gasteiger partial charge in [-0.2, -0.15) is 0 Å². The molecule has 0 aliphatic carbocycles. The average Bonchev–Trinajstić information content (AvgIpc) is 2.61. The number of aromatic carboxylic acids is 1. The predicted octanol–water partition coefficient (Wildman–Crippen LogP) is 3.11. The molecular weight excluding hydrogens is 274 g/mol. The molecule has 1 aromatic heterocycles. The number of hydrogen-bond donors (Lipinski definition) is 1. The summed E-state index contributed by atoms with van der Waals surface area (Å²) in [6.07, 6.45) is 0. The van der Waals surface area contributed by atoms with Crippen LogP contribution in [0.25, 0.3) is 11.3 Å². The molecule has 0 unspecified atom stereocenters. The van der Waals surface area contributed by atoms with Crippen LogP contribution < -0.4 is 0 Å². The fraction of sp³-hybridized carbons (Fsp3) is 0.0909. The van der Waals surface area contributed by atoms with Crippen LogP contribution in [0.1, 0.15) is 16.1 Å². The van der Waals surface area contributed by atoms with Gasteiger partial charge in [-0.1, -0.05) is 35.0 Å². The Morgan fingerprint density at radius 1 is 1.38 bits per heavy atom. The molecule has 5 heteroatoms. The molecule has 0 fully saturated rings. The first-order valence-corrected chi connectivity index (χ1v) is 5.34. The van der Waals surface area contributed by atoms with Crippen molar-refractivity contribution in [2.45, 2.75) is 6.92 Å². The Morgan fingerprint density at radius 3 is 2.50 bits per heavy atom. The molecule has 4 nitrogen and oxygen atoms in total. The van der Waals surface area contributed by atoms with Crippen molar-refractivity contribution in [1.82, 2.24) is 5.16 Å². The monoisotopic (exact) mass is 281 g/mol. The van der Waals surface area contributed by atoms with E-state index in [2.05, 4.69) is 21.1 Å². The Kier molecular flexibility index (Phi) is 2.78. The molecule has 0 amide bonds. The summed E-state index contributed by atoms with van der Waals surface area (Å²) in [5.41, 5.74) is 1.80. The van der Waals surface area contributed by atoms with E-state index in [1.165, 1.54) is 0 Å². The molecule has 2 rings (SSSR count). The molecule has 1 aromatic carbocycles. The maximum atomic E-state index is 10.8. The normalized spacial score (nSPS) is 10.4. The lowest BCUT2D eigenvalue weighted by atomic mass is 10.1. The summed E-state index contributed by atoms with van der Waals surface area (Å²) < 4.78 is 5.37. The van der Waals surface area contributed by atoms with Gasteiger partial charge in [-0.25, -0.2) is 4.79 Å². The van der Waals surface area contributed by atoms with Crippen LogP contribution in [0.5, 0.6) is 0 Å². The Hall–Kier alpha value is -1.62. The van der Waals surface area contributed by atoms with Crippen molar-refractivity contribution < 1.29 is 14.4 Å². The number of aryl methyl sites for hydroxylation is 1. The van der Waals surface area contributed by atoms with E-state index >= 15 is 0 Å². The minimum absolute atomic E-state index is 0.115. The molecule has 1 heterocycles. The Labute approximate surface area is 100 Å². The Balaban J connectivity index is 2.49. The molecular formula is C11H8BrNO3. The summed E-state index contributed by atoms with van der Waals surface area (Å²) in [7, 11) is 0.